The molecule has 3 nitrogen and oxygen atoms in total. The van der Waals surface area contributed by atoms with Gasteiger partial charge in [0.2, 0.25) is 0 Å². The van der Waals surface area contributed by atoms with E-state index in [1.807, 2.05) is 61.5 Å². The van der Waals surface area contributed by atoms with E-state index in [9.17, 15) is 9.90 Å². The number of carboxylic acid groups (broad SMARTS) is 1. The molecule has 3 heteroatoms. The van der Waals surface area contributed by atoms with Gasteiger partial charge in [-0.2, -0.15) is 0 Å². The third kappa shape index (κ3) is 2.42. The van der Waals surface area contributed by atoms with Crippen LogP contribution in [0, 0.1) is 13.8 Å². The van der Waals surface area contributed by atoms with Crippen LogP contribution in [0.2, 0.25) is 0 Å². The van der Waals surface area contributed by atoms with E-state index in [2.05, 4.69) is 0 Å². The van der Waals surface area contributed by atoms with Crippen LogP contribution in [0.5, 0.6) is 0 Å². The molecule has 2 aromatic carbocycles. The molecule has 0 atom stereocenters. The van der Waals surface area contributed by atoms with Crippen molar-refractivity contribution < 1.29 is 14.3 Å². The number of aryl methyl sites for hydroxylation is 2. The highest BCUT2D eigenvalue weighted by Crippen LogP contribution is 2.39. The summed E-state index contributed by atoms with van der Waals surface area (Å²) in [6, 6.07) is 17.4. The van der Waals surface area contributed by atoms with Crippen LogP contribution in [0.4, 0.5) is 0 Å². The van der Waals surface area contributed by atoms with Gasteiger partial charge in [0.25, 0.3) is 0 Å². The predicted octanol–water partition coefficient (Wildman–Crippen LogP) is 4.93. The first kappa shape index (κ1) is 14.1. The molecule has 0 fully saturated rings. The molecule has 0 aliphatic heterocycles. The Bertz CT molecular complexity index is 812. The summed E-state index contributed by atoms with van der Waals surface area (Å²) >= 11 is 0. The lowest BCUT2D eigenvalue weighted by Crippen LogP contribution is -1.99. The van der Waals surface area contributed by atoms with Gasteiger partial charge in [-0.25, -0.2) is 4.79 Å². The maximum Gasteiger partial charge on any atom is 0.339 e. The highest BCUT2D eigenvalue weighted by molar-refractivity contribution is 6.01. The largest absolute Gasteiger partial charge is 0.478 e. The smallest absolute Gasteiger partial charge is 0.339 e. The molecule has 0 amide bonds. The van der Waals surface area contributed by atoms with Crippen molar-refractivity contribution in [3.8, 4) is 22.5 Å². The van der Waals surface area contributed by atoms with E-state index in [-0.39, 0.29) is 5.56 Å². The number of benzene rings is 2. The maximum atomic E-state index is 11.7. The highest BCUT2D eigenvalue weighted by atomic mass is 16.4. The van der Waals surface area contributed by atoms with E-state index in [4.69, 9.17) is 4.42 Å². The second-order valence-electron chi connectivity index (χ2n) is 5.27. The molecule has 1 N–H and O–H groups in total. The fourth-order valence-corrected chi connectivity index (χ4v) is 2.59. The van der Waals surface area contributed by atoms with Gasteiger partial charge in [-0.3, -0.25) is 0 Å². The minimum absolute atomic E-state index is 0.225. The number of furan rings is 1. The summed E-state index contributed by atoms with van der Waals surface area (Å²) in [6.45, 7) is 3.69. The van der Waals surface area contributed by atoms with Crippen LogP contribution < -0.4 is 0 Å². The average molecular weight is 292 g/mol. The number of hydrogen-bond acceptors (Lipinski definition) is 2. The van der Waals surface area contributed by atoms with Gasteiger partial charge in [0, 0.05) is 11.1 Å². The van der Waals surface area contributed by atoms with Crippen molar-refractivity contribution in [2.75, 3.05) is 0 Å². The second kappa shape index (κ2) is 5.53. The molecule has 1 aromatic heterocycles. The van der Waals surface area contributed by atoms with Crippen molar-refractivity contribution in [2.45, 2.75) is 13.8 Å². The van der Waals surface area contributed by atoms with Gasteiger partial charge in [0.15, 0.2) is 0 Å². The number of carbonyl (C=O) groups is 1. The van der Waals surface area contributed by atoms with E-state index in [1.54, 1.807) is 6.92 Å². The van der Waals surface area contributed by atoms with Crippen LogP contribution in [0.25, 0.3) is 22.5 Å². The van der Waals surface area contributed by atoms with Gasteiger partial charge in [-0.1, -0.05) is 60.2 Å². The lowest BCUT2D eigenvalue weighted by atomic mass is 9.96. The van der Waals surface area contributed by atoms with E-state index < -0.39 is 5.97 Å². The zero-order valence-corrected chi connectivity index (χ0v) is 12.5. The van der Waals surface area contributed by atoms with Gasteiger partial charge >= 0.3 is 5.97 Å². The molecule has 0 radical (unpaired) electrons. The topological polar surface area (TPSA) is 50.4 Å². The fraction of sp³-hybridized carbons (Fsp3) is 0.105. The van der Waals surface area contributed by atoms with Gasteiger partial charge in [-0.15, -0.1) is 0 Å². The molecule has 0 saturated carbocycles. The van der Waals surface area contributed by atoms with E-state index in [0.29, 0.717) is 17.1 Å². The Morgan fingerprint density at radius 1 is 0.909 bits per heavy atom. The van der Waals surface area contributed by atoms with Crippen molar-refractivity contribution in [2.24, 2.45) is 0 Å². The van der Waals surface area contributed by atoms with E-state index in [0.717, 1.165) is 16.7 Å². The summed E-state index contributed by atoms with van der Waals surface area (Å²) in [5.74, 6) is 0.0419. The molecule has 0 aliphatic carbocycles. The third-order valence-electron chi connectivity index (χ3n) is 3.67. The zero-order valence-electron chi connectivity index (χ0n) is 12.5. The van der Waals surface area contributed by atoms with Gasteiger partial charge in [-0.05, 0) is 19.4 Å². The van der Waals surface area contributed by atoms with Crippen LogP contribution in [-0.4, -0.2) is 11.1 Å². The lowest BCUT2D eigenvalue weighted by molar-refractivity contribution is 0.0696. The minimum Gasteiger partial charge on any atom is -0.478 e. The molecule has 0 saturated heterocycles. The molecular formula is C19H16O3. The number of hydrogen-bond donors (Lipinski definition) is 1. The Morgan fingerprint density at radius 3 is 2.14 bits per heavy atom. The summed E-state index contributed by atoms with van der Waals surface area (Å²) in [6.07, 6.45) is 0. The highest BCUT2D eigenvalue weighted by Gasteiger charge is 2.24. The molecule has 3 aromatic rings. The summed E-state index contributed by atoms with van der Waals surface area (Å²) in [5.41, 5.74) is 3.70. The molecule has 0 unspecified atom stereocenters. The van der Waals surface area contributed by atoms with Crippen molar-refractivity contribution in [1.29, 1.82) is 0 Å². The maximum absolute atomic E-state index is 11.7. The standard InChI is InChI=1S/C19H16O3/c1-12-8-10-14(11-9-12)17-16(19(20)21)13(2)22-18(17)15-6-4-3-5-7-15/h3-11H,1-2H3,(H,20,21). The SMILES string of the molecule is Cc1ccc(-c2c(-c3ccccc3)oc(C)c2C(=O)O)cc1. The Balaban J connectivity index is 2.30. The van der Waals surface area contributed by atoms with E-state index >= 15 is 0 Å². The zero-order chi connectivity index (χ0) is 15.7. The Labute approximate surface area is 128 Å². The molecular weight excluding hydrogens is 276 g/mol. The van der Waals surface area contributed by atoms with Crippen molar-refractivity contribution in [1.82, 2.24) is 0 Å². The summed E-state index contributed by atoms with van der Waals surface area (Å²) in [7, 11) is 0. The summed E-state index contributed by atoms with van der Waals surface area (Å²) < 4.78 is 5.80. The summed E-state index contributed by atoms with van der Waals surface area (Å²) in [4.78, 5) is 11.7. The molecule has 110 valence electrons. The normalized spacial score (nSPS) is 10.6. The fourth-order valence-electron chi connectivity index (χ4n) is 2.59. The number of aromatic carboxylic acids is 1. The van der Waals surface area contributed by atoms with Crippen molar-refractivity contribution >= 4 is 5.97 Å². The van der Waals surface area contributed by atoms with Crippen LogP contribution in [0.3, 0.4) is 0 Å². The van der Waals surface area contributed by atoms with Crippen LogP contribution in [0.15, 0.2) is 59.0 Å². The Morgan fingerprint density at radius 2 is 1.55 bits per heavy atom. The van der Waals surface area contributed by atoms with Gasteiger partial charge in [0.1, 0.15) is 17.1 Å². The van der Waals surface area contributed by atoms with Crippen molar-refractivity contribution in [3.05, 3.63) is 71.5 Å². The molecule has 3 rings (SSSR count). The number of carboxylic acids is 1. The molecule has 22 heavy (non-hydrogen) atoms. The van der Waals surface area contributed by atoms with E-state index in [1.165, 1.54) is 0 Å². The predicted molar refractivity (Wildman–Crippen MR) is 86.0 cm³/mol. The Hall–Kier alpha value is -2.81. The second-order valence-corrected chi connectivity index (χ2v) is 5.27. The first-order valence-corrected chi connectivity index (χ1v) is 7.07. The van der Waals surface area contributed by atoms with Crippen LogP contribution >= 0.6 is 0 Å². The lowest BCUT2D eigenvalue weighted by Gasteiger charge is -2.05. The monoisotopic (exact) mass is 292 g/mol. The third-order valence-corrected chi connectivity index (χ3v) is 3.67. The molecule has 0 bridgehead atoms. The molecule has 0 spiro atoms. The first-order valence-electron chi connectivity index (χ1n) is 7.07. The Kier molecular flexibility index (Phi) is 3.55. The average Bonchev–Trinajstić information content (AvgIpc) is 2.86. The van der Waals surface area contributed by atoms with Gasteiger partial charge in [0.05, 0.1) is 0 Å². The number of rotatable bonds is 3. The van der Waals surface area contributed by atoms with Crippen LogP contribution in [-0.2, 0) is 0 Å². The van der Waals surface area contributed by atoms with Crippen LogP contribution in [0.1, 0.15) is 21.7 Å². The minimum atomic E-state index is -0.973. The van der Waals surface area contributed by atoms with Gasteiger partial charge < -0.3 is 9.52 Å². The first-order chi connectivity index (χ1) is 10.6. The molecule has 0 aliphatic rings. The molecule has 1 heterocycles. The summed E-state index contributed by atoms with van der Waals surface area (Å²) in [5, 5.41) is 9.56. The quantitative estimate of drug-likeness (QED) is 0.744. The van der Waals surface area contributed by atoms with Crippen molar-refractivity contribution in [3.63, 3.8) is 0 Å².